The first kappa shape index (κ1) is 14.3. The second-order valence-electron chi connectivity index (χ2n) is 5.10. The molecule has 2 heterocycles. The zero-order valence-corrected chi connectivity index (χ0v) is 13.1. The third kappa shape index (κ3) is 3.54. The van der Waals surface area contributed by atoms with E-state index in [1.165, 1.54) is 37.0 Å². The molecule has 2 aromatic rings. The normalized spacial score (nSPS) is 16.0. The Balaban J connectivity index is 1.67. The molecule has 0 spiro atoms. The Bertz CT molecular complexity index is 676. The van der Waals surface area contributed by atoms with E-state index in [1.807, 2.05) is 6.07 Å². The molecule has 1 aliphatic carbocycles. The van der Waals surface area contributed by atoms with Gasteiger partial charge in [-0.3, -0.25) is 4.72 Å². The highest BCUT2D eigenvalue weighted by Crippen LogP contribution is 2.23. The van der Waals surface area contributed by atoms with Gasteiger partial charge < -0.3 is 5.32 Å². The molecule has 0 aliphatic heterocycles. The van der Waals surface area contributed by atoms with Gasteiger partial charge in [0.1, 0.15) is 10.0 Å². The van der Waals surface area contributed by atoms with Crippen molar-refractivity contribution in [2.24, 2.45) is 0 Å². The molecule has 1 saturated carbocycles. The Morgan fingerprint density at radius 1 is 1.19 bits per heavy atom. The molecule has 5 nitrogen and oxygen atoms in total. The van der Waals surface area contributed by atoms with Crippen molar-refractivity contribution in [2.45, 2.75) is 35.9 Å². The van der Waals surface area contributed by atoms with Gasteiger partial charge >= 0.3 is 0 Å². The number of hydrogen-bond acceptors (Lipinski definition) is 5. The van der Waals surface area contributed by atoms with E-state index in [0.29, 0.717) is 15.9 Å². The summed E-state index contributed by atoms with van der Waals surface area (Å²) < 4.78 is 27.0. The fraction of sp³-hybridized carbons (Fsp3) is 0.357. The summed E-state index contributed by atoms with van der Waals surface area (Å²) in [6.45, 7) is 0. The number of aromatic nitrogens is 1. The molecule has 7 heteroatoms. The summed E-state index contributed by atoms with van der Waals surface area (Å²) in [6.07, 6.45) is 6.41. The lowest BCUT2D eigenvalue weighted by molar-refractivity contribution is 0.603. The molecule has 112 valence electrons. The highest BCUT2D eigenvalue weighted by Gasteiger charge is 2.16. The summed E-state index contributed by atoms with van der Waals surface area (Å²) in [5.74, 6) is 0.793. The molecule has 0 unspecified atom stereocenters. The third-order valence-corrected chi connectivity index (χ3v) is 6.26. The van der Waals surface area contributed by atoms with Gasteiger partial charge in [0.05, 0.1) is 11.9 Å². The average Bonchev–Trinajstić information content (AvgIpc) is 3.13. The number of hydrogen-bond donors (Lipinski definition) is 2. The molecule has 0 saturated heterocycles. The summed E-state index contributed by atoms with van der Waals surface area (Å²) in [6, 6.07) is 7.33. The number of thiophene rings is 1. The topological polar surface area (TPSA) is 71.1 Å². The van der Waals surface area contributed by atoms with Crippen LogP contribution in [-0.4, -0.2) is 19.4 Å². The maximum Gasteiger partial charge on any atom is 0.271 e. The van der Waals surface area contributed by atoms with Gasteiger partial charge in [-0.25, -0.2) is 13.4 Å². The van der Waals surface area contributed by atoms with Gasteiger partial charge in [0.15, 0.2) is 0 Å². The molecule has 0 aromatic carbocycles. The lowest BCUT2D eigenvalue weighted by Gasteiger charge is -2.13. The Morgan fingerprint density at radius 3 is 2.62 bits per heavy atom. The van der Waals surface area contributed by atoms with Crippen molar-refractivity contribution in [1.82, 2.24) is 4.98 Å². The summed E-state index contributed by atoms with van der Waals surface area (Å²) in [5, 5.41) is 5.11. The molecule has 2 aromatic heterocycles. The molecule has 3 rings (SSSR count). The quantitative estimate of drug-likeness (QED) is 0.885. The molecule has 0 radical (unpaired) electrons. The average molecular weight is 323 g/mol. The van der Waals surface area contributed by atoms with Crippen LogP contribution in [0.1, 0.15) is 25.7 Å². The molecule has 1 aliphatic rings. The van der Waals surface area contributed by atoms with Crippen LogP contribution in [0.3, 0.4) is 0 Å². The van der Waals surface area contributed by atoms with Crippen molar-refractivity contribution in [1.29, 1.82) is 0 Å². The zero-order valence-electron chi connectivity index (χ0n) is 11.5. The van der Waals surface area contributed by atoms with Crippen LogP contribution in [0.2, 0.25) is 0 Å². The summed E-state index contributed by atoms with van der Waals surface area (Å²) in [7, 11) is -3.50. The third-order valence-electron chi connectivity index (χ3n) is 3.48. The van der Waals surface area contributed by atoms with Crippen molar-refractivity contribution >= 4 is 32.9 Å². The monoisotopic (exact) mass is 323 g/mol. The number of sulfonamides is 1. The van der Waals surface area contributed by atoms with E-state index < -0.39 is 10.0 Å². The second kappa shape index (κ2) is 6.03. The summed E-state index contributed by atoms with van der Waals surface area (Å²) in [5.41, 5.74) is 0.473. The van der Waals surface area contributed by atoms with Crippen LogP contribution in [0.5, 0.6) is 0 Å². The molecule has 0 amide bonds. The van der Waals surface area contributed by atoms with E-state index in [9.17, 15) is 8.42 Å². The van der Waals surface area contributed by atoms with Crippen LogP contribution in [-0.2, 0) is 10.0 Å². The van der Waals surface area contributed by atoms with Gasteiger partial charge in [0.25, 0.3) is 10.0 Å². The van der Waals surface area contributed by atoms with E-state index in [4.69, 9.17) is 0 Å². The first-order valence-electron chi connectivity index (χ1n) is 6.92. The van der Waals surface area contributed by atoms with Crippen molar-refractivity contribution in [3.63, 3.8) is 0 Å². The second-order valence-corrected chi connectivity index (χ2v) is 7.95. The minimum atomic E-state index is -3.50. The van der Waals surface area contributed by atoms with Crippen molar-refractivity contribution in [2.75, 3.05) is 10.0 Å². The van der Waals surface area contributed by atoms with Crippen LogP contribution >= 0.6 is 11.3 Å². The van der Waals surface area contributed by atoms with E-state index >= 15 is 0 Å². The highest BCUT2D eigenvalue weighted by molar-refractivity contribution is 7.94. The fourth-order valence-electron chi connectivity index (χ4n) is 2.44. The Morgan fingerprint density at radius 2 is 2.00 bits per heavy atom. The van der Waals surface area contributed by atoms with Crippen LogP contribution in [0, 0.1) is 0 Å². The van der Waals surface area contributed by atoms with Gasteiger partial charge in [-0.15, -0.1) is 11.3 Å². The van der Waals surface area contributed by atoms with E-state index in [0.717, 1.165) is 5.82 Å². The number of nitrogens with zero attached hydrogens (tertiary/aromatic N) is 1. The number of anilines is 2. The standard InChI is InChI=1S/C14H17N3O2S2/c18-21(19,14-6-3-9-20-14)17-12-7-8-13(15-10-12)16-11-4-1-2-5-11/h3,6-11,17H,1-2,4-5H2,(H,15,16). The van der Waals surface area contributed by atoms with Gasteiger partial charge in [-0.05, 0) is 36.4 Å². The SMILES string of the molecule is O=S(=O)(Nc1ccc(NC2CCCC2)nc1)c1cccs1. The minimum Gasteiger partial charge on any atom is -0.367 e. The zero-order chi connectivity index (χ0) is 14.7. The largest absolute Gasteiger partial charge is 0.367 e. The Kier molecular flexibility index (Phi) is 4.12. The van der Waals surface area contributed by atoms with Gasteiger partial charge in [0.2, 0.25) is 0 Å². The van der Waals surface area contributed by atoms with Crippen LogP contribution < -0.4 is 10.0 Å². The number of rotatable bonds is 5. The predicted molar refractivity (Wildman–Crippen MR) is 85.2 cm³/mol. The van der Waals surface area contributed by atoms with Crippen molar-refractivity contribution in [3.8, 4) is 0 Å². The van der Waals surface area contributed by atoms with Crippen LogP contribution in [0.15, 0.2) is 40.1 Å². The van der Waals surface area contributed by atoms with Crippen molar-refractivity contribution < 1.29 is 8.42 Å². The van der Waals surface area contributed by atoms with Gasteiger partial charge in [-0.2, -0.15) is 0 Å². The molecular weight excluding hydrogens is 306 g/mol. The first-order chi connectivity index (χ1) is 10.1. The van der Waals surface area contributed by atoms with Gasteiger partial charge in [-0.1, -0.05) is 18.9 Å². The molecule has 21 heavy (non-hydrogen) atoms. The highest BCUT2D eigenvalue weighted by atomic mass is 32.2. The molecular formula is C14H17N3O2S2. The van der Waals surface area contributed by atoms with E-state index in [2.05, 4.69) is 15.0 Å². The maximum absolute atomic E-state index is 12.1. The molecule has 2 N–H and O–H groups in total. The lowest BCUT2D eigenvalue weighted by Crippen LogP contribution is -2.16. The van der Waals surface area contributed by atoms with Gasteiger partial charge in [0, 0.05) is 6.04 Å². The number of pyridine rings is 1. The van der Waals surface area contributed by atoms with Crippen LogP contribution in [0.4, 0.5) is 11.5 Å². The summed E-state index contributed by atoms with van der Waals surface area (Å²) in [4.78, 5) is 4.27. The smallest absolute Gasteiger partial charge is 0.271 e. The minimum absolute atomic E-state index is 0.302. The lowest BCUT2D eigenvalue weighted by atomic mass is 10.2. The van der Waals surface area contributed by atoms with Crippen LogP contribution in [0.25, 0.3) is 0 Å². The van der Waals surface area contributed by atoms with E-state index in [1.54, 1.807) is 29.8 Å². The Labute approximate surface area is 128 Å². The Hall–Kier alpha value is -1.60. The summed E-state index contributed by atoms with van der Waals surface area (Å²) >= 11 is 1.19. The molecule has 1 fully saturated rings. The molecule has 0 bridgehead atoms. The fourth-order valence-corrected chi connectivity index (χ4v) is 4.48. The number of nitrogens with one attached hydrogen (secondary N) is 2. The first-order valence-corrected chi connectivity index (χ1v) is 9.29. The molecule has 0 atom stereocenters. The van der Waals surface area contributed by atoms with Crippen molar-refractivity contribution in [3.05, 3.63) is 35.8 Å². The van der Waals surface area contributed by atoms with E-state index in [-0.39, 0.29) is 0 Å². The predicted octanol–water partition coefficient (Wildman–Crippen LogP) is 3.30. The maximum atomic E-state index is 12.1.